The third kappa shape index (κ3) is 7.45. The molecule has 0 saturated carbocycles. The van der Waals surface area contributed by atoms with Crippen molar-refractivity contribution in [2.45, 2.75) is 30.7 Å². The Hall–Kier alpha value is -5.71. The lowest BCUT2D eigenvalue weighted by Gasteiger charge is -2.41. The van der Waals surface area contributed by atoms with Crippen LogP contribution in [-0.2, 0) is 23.7 Å². The van der Waals surface area contributed by atoms with Crippen LogP contribution in [0.5, 0.6) is 40.2 Å². The van der Waals surface area contributed by atoms with E-state index < -0.39 is 101 Å². The summed E-state index contributed by atoms with van der Waals surface area (Å²) in [7, 11) is 0. The number of carbonyl (C=O) groups excluding carboxylic acids is 3. The number of esters is 3. The number of benzene rings is 3. The van der Waals surface area contributed by atoms with Crippen molar-refractivity contribution in [2.24, 2.45) is 0 Å². The maximum atomic E-state index is 12.9. The first-order valence-corrected chi connectivity index (χ1v) is 12.8. The van der Waals surface area contributed by atoms with Crippen LogP contribution in [0.25, 0.3) is 6.08 Å². The molecule has 4 rings (SSSR count). The van der Waals surface area contributed by atoms with Gasteiger partial charge in [0.05, 0.1) is 11.1 Å². The highest BCUT2D eigenvalue weighted by molar-refractivity contribution is 5.92. The number of hydrogen-bond acceptors (Lipinski definition) is 16. The molecule has 16 nitrogen and oxygen atoms in total. The van der Waals surface area contributed by atoms with E-state index in [0.29, 0.717) is 29.8 Å². The Kier molecular flexibility index (Phi) is 9.51. The highest BCUT2D eigenvalue weighted by Gasteiger charge is 2.49. The second-order valence-electron chi connectivity index (χ2n) is 9.58. The van der Waals surface area contributed by atoms with Gasteiger partial charge in [0.15, 0.2) is 40.6 Å². The molecule has 45 heavy (non-hydrogen) atoms. The average Bonchev–Trinajstić information content (AvgIpc) is 3.00. The van der Waals surface area contributed by atoms with Gasteiger partial charge in [-0.2, -0.15) is 0 Å². The Morgan fingerprint density at radius 2 is 1.20 bits per heavy atom. The Labute approximate surface area is 252 Å². The second kappa shape index (κ2) is 13.3. The molecule has 5 unspecified atom stereocenters. The van der Waals surface area contributed by atoms with Crippen molar-refractivity contribution in [3.05, 3.63) is 71.3 Å². The zero-order chi connectivity index (χ0) is 33.0. The molecule has 1 aliphatic rings. The Morgan fingerprint density at radius 3 is 1.71 bits per heavy atom. The van der Waals surface area contributed by atoms with Crippen LogP contribution < -0.4 is 0 Å². The van der Waals surface area contributed by atoms with Crippen molar-refractivity contribution < 1.29 is 79.3 Å². The van der Waals surface area contributed by atoms with Crippen LogP contribution in [0, 0.1) is 0 Å². The number of rotatable bonds is 8. The van der Waals surface area contributed by atoms with Crippen LogP contribution in [0.4, 0.5) is 0 Å². The van der Waals surface area contributed by atoms with Gasteiger partial charge in [0.1, 0.15) is 30.7 Å². The minimum atomic E-state index is -2.07. The smallest absolute Gasteiger partial charge is 0.340 e. The van der Waals surface area contributed by atoms with E-state index in [0.717, 1.165) is 6.08 Å². The molecule has 3 aromatic rings. The van der Waals surface area contributed by atoms with Gasteiger partial charge in [-0.15, -0.1) is 0 Å². The first-order chi connectivity index (χ1) is 21.2. The molecule has 3 aromatic carbocycles. The highest BCUT2D eigenvalue weighted by atomic mass is 16.7. The molecule has 16 heteroatoms. The number of aromatic hydroxyl groups is 7. The molecule has 0 bridgehead atoms. The lowest BCUT2D eigenvalue weighted by Crippen LogP contribution is -2.61. The van der Waals surface area contributed by atoms with Crippen molar-refractivity contribution in [3.63, 3.8) is 0 Å². The first kappa shape index (κ1) is 32.2. The van der Waals surface area contributed by atoms with Crippen LogP contribution in [0.3, 0.4) is 0 Å². The number of carbonyl (C=O) groups is 3. The molecular weight excluding hydrogens is 604 g/mol. The molecule has 0 amide bonds. The third-order valence-corrected chi connectivity index (χ3v) is 6.42. The predicted octanol–water partition coefficient (Wildman–Crippen LogP) is 0.711. The largest absolute Gasteiger partial charge is 0.508 e. The van der Waals surface area contributed by atoms with E-state index in [-0.39, 0.29) is 5.75 Å². The molecular formula is C29H26O16. The lowest BCUT2D eigenvalue weighted by atomic mass is 9.99. The van der Waals surface area contributed by atoms with Gasteiger partial charge in [-0.05, 0) is 48.0 Å². The van der Waals surface area contributed by atoms with Gasteiger partial charge in [0, 0.05) is 6.08 Å². The Morgan fingerprint density at radius 1 is 0.711 bits per heavy atom. The summed E-state index contributed by atoms with van der Waals surface area (Å²) in [6.07, 6.45) is -7.25. The molecule has 5 atom stereocenters. The molecule has 1 heterocycles. The van der Waals surface area contributed by atoms with Crippen molar-refractivity contribution >= 4 is 24.0 Å². The van der Waals surface area contributed by atoms with Gasteiger partial charge in [-0.1, -0.05) is 12.1 Å². The summed E-state index contributed by atoms with van der Waals surface area (Å²) >= 11 is 0. The SMILES string of the molecule is O=C(/C=C/c1ccc(O)cc1)OCC1OC(OC(=O)c2cc(O)c(O)c(O)c2)C(OC(=O)c2cc(O)c(O)c(O)c2)C(O)C1O. The molecule has 238 valence electrons. The lowest BCUT2D eigenvalue weighted by molar-refractivity contribution is -0.285. The molecule has 0 spiro atoms. The first-order valence-electron chi connectivity index (χ1n) is 12.8. The van der Waals surface area contributed by atoms with Gasteiger partial charge in [-0.3, -0.25) is 0 Å². The minimum Gasteiger partial charge on any atom is -0.508 e. The topological polar surface area (TPSA) is 270 Å². The number of hydrogen-bond donors (Lipinski definition) is 9. The number of aliphatic hydroxyl groups is 2. The fourth-order valence-electron chi connectivity index (χ4n) is 4.03. The normalized spacial score (nSPS) is 21.2. The van der Waals surface area contributed by atoms with Gasteiger partial charge < -0.3 is 64.9 Å². The zero-order valence-electron chi connectivity index (χ0n) is 22.8. The molecule has 1 saturated heterocycles. The number of phenolic OH excluding ortho intramolecular Hbond substituents is 7. The van der Waals surface area contributed by atoms with Gasteiger partial charge >= 0.3 is 17.9 Å². The molecule has 0 aromatic heterocycles. The van der Waals surface area contributed by atoms with E-state index in [2.05, 4.69) is 0 Å². The summed E-state index contributed by atoms with van der Waals surface area (Å²) in [5.41, 5.74) is -0.542. The van der Waals surface area contributed by atoms with Crippen molar-refractivity contribution in [3.8, 4) is 40.2 Å². The summed E-state index contributed by atoms with van der Waals surface area (Å²) in [5, 5.41) is 88.9. The molecule has 0 aliphatic carbocycles. The number of ether oxygens (including phenoxy) is 4. The zero-order valence-corrected chi connectivity index (χ0v) is 22.8. The summed E-state index contributed by atoms with van der Waals surface area (Å²) in [4.78, 5) is 37.9. The predicted molar refractivity (Wildman–Crippen MR) is 146 cm³/mol. The average molecular weight is 631 g/mol. The molecule has 9 N–H and O–H groups in total. The van der Waals surface area contributed by atoms with Crippen LogP contribution in [0.15, 0.2) is 54.6 Å². The Balaban J connectivity index is 1.54. The van der Waals surface area contributed by atoms with Gasteiger partial charge in [-0.25, -0.2) is 14.4 Å². The van der Waals surface area contributed by atoms with Gasteiger partial charge in [0.2, 0.25) is 6.29 Å². The number of phenols is 7. The van der Waals surface area contributed by atoms with Crippen LogP contribution in [0.2, 0.25) is 0 Å². The minimum absolute atomic E-state index is 0.00864. The standard InChI is InChI=1S/C29H26O16/c30-15-4-1-12(2-5-15)3-6-21(35)42-11-20-24(38)25(39)26(44-27(40)13-7-16(31)22(36)17(32)8-13)29(43-20)45-28(41)14-9-18(33)23(37)19(34)10-14/h1-10,20,24-26,29-34,36-39H,11H2/b6-3+. The van der Waals surface area contributed by atoms with Crippen molar-refractivity contribution in [1.29, 1.82) is 0 Å². The van der Waals surface area contributed by atoms with Crippen molar-refractivity contribution in [2.75, 3.05) is 6.61 Å². The summed E-state index contributed by atoms with van der Waals surface area (Å²) in [6.45, 7) is -0.716. The third-order valence-electron chi connectivity index (χ3n) is 6.42. The summed E-state index contributed by atoms with van der Waals surface area (Å²) in [5.74, 6) is -9.10. The van der Waals surface area contributed by atoms with E-state index in [4.69, 9.17) is 18.9 Å². The van der Waals surface area contributed by atoms with Crippen LogP contribution >= 0.6 is 0 Å². The number of aliphatic hydroxyl groups excluding tert-OH is 2. The summed E-state index contributed by atoms with van der Waals surface area (Å²) in [6, 6.07) is 8.65. The molecule has 1 fully saturated rings. The van der Waals surface area contributed by atoms with E-state index >= 15 is 0 Å². The fourth-order valence-corrected chi connectivity index (χ4v) is 4.03. The van der Waals surface area contributed by atoms with Gasteiger partial charge in [0.25, 0.3) is 0 Å². The fraction of sp³-hybridized carbons (Fsp3) is 0.207. The quantitative estimate of drug-likeness (QED) is 0.0717. The van der Waals surface area contributed by atoms with Crippen LogP contribution in [-0.4, -0.2) is 101 Å². The van der Waals surface area contributed by atoms with E-state index in [1.807, 2.05) is 0 Å². The molecule has 1 aliphatic heterocycles. The maximum Gasteiger partial charge on any atom is 0.340 e. The summed E-state index contributed by atoms with van der Waals surface area (Å²) < 4.78 is 20.9. The van der Waals surface area contributed by atoms with Crippen LogP contribution in [0.1, 0.15) is 26.3 Å². The van der Waals surface area contributed by atoms with E-state index in [1.165, 1.54) is 30.3 Å². The molecule has 0 radical (unpaired) electrons. The monoisotopic (exact) mass is 630 g/mol. The highest BCUT2D eigenvalue weighted by Crippen LogP contribution is 2.37. The van der Waals surface area contributed by atoms with Crippen molar-refractivity contribution in [1.82, 2.24) is 0 Å². The second-order valence-corrected chi connectivity index (χ2v) is 9.58. The maximum absolute atomic E-state index is 12.9. The Bertz CT molecular complexity index is 1570. The van der Waals surface area contributed by atoms with E-state index in [1.54, 1.807) is 0 Å². The van der Waals surface area contributed by atoms with E-state index in [9.17, 15) is 60.3 Å².